The van der Waals surface area contributed by atoms with E-state index in [1.54, 1.807) is 11.3 Å². The van der Waals surface area contributed by atoms with Crippen molar-refractivity contribution in [2.45, 2.75) is 39.3 Å². The zero-order chi connectivity index (χ0) is 19.1. The number of aromatic nitrogens is 2. The van der Waals surface area contributed by atoms with Gasteiger partial charge in [-0.1, -0.05) is 30.7 Å². The number of aryl methyl sites for hydroxylation is 1. The molecule has 1 aromatic carbocycles. The minimum atomic E-state index is 0.0869. The second-order valence-corrected chi connectivity index (χ2v) is 9.34. The summed E-state index contributed by atoms with van der Waals surface area (Å²) in [7, 11) is 4.00. The van der Waals surface area contributed by atoms with Crippen LogP contribution in [0.25, 0.3) is 10.2 Å². The van der Waals surface area contributed by atoms with Crippen LogP contribution in [0.1, 0.15) is 35.2 Å². The van der Waals surface area contributed by atoms with Crippen molar-refractivity contribution in [1.82, 2.24) is 14.5 Å². The first kappa shape index (κ1) is 18.7. The maximum absolute atomic E-state index is 13.5. The van der Waals surface area contributed by atoms with E-state index >= 15 is 0 Å². The van der Waals surface area contributed by atoms with E-state index in [1.807, 2.05) is 42.9 Å². The monoisotopic (exact) mass is 401 g/mol. The SMILES string of the molecule is CC1CCc2c(sc3nc(CN(C)C)n(Cc4cccc(Cl)c4)c(=O)c23)C1. The average Bonchev–Trinajstić information content (AvgIpc) is 2.95. The van der Waals surface area contributed by atoms with E-state index in [9.17, 15) is 4.79 Å². The molecule has 0 aliphatic heterocycles. The van der Waals surface area contributed by atoms with Crippen LogP contribution < -0.4 is 5.56 Å². The van der Waals surface area contributed by atoms with Crippen molar-refractivity contribution in [1.29, 1.82) is 0 Å². The fourth-order valence-corrected chi connectivity index (χ4v) is 5.45. The van der Waals surface area contributed by atoms with Gasteiger partial charge in [0.05, 0.1) is 18.5 Å². The number of thiophene rings is 1. The fraction of sp³-hybridized carbons (Fsp3) is 0.429. The molecule has 1 aliphatic carbocycles. The lowest BCUT2D eigenvalue weighted by Crippen LogP contribution is -2.29. The molecule has 3 aromatic rings. The van der Waals surface area contributed by atoms with Gasteiger partial charge in [0, 0.05) is 9.90 Å². The first-order valence-electron chi connectivity index (χ1n) is 9.35. The van der Waals surface area contributed by atoms with Crippen LogP contribution in [0, 0.1) is 5.92 Å². The van der Waals surface area contributed by atoms with E-state index in [1.165, 1.54) is 10.4 Å². The third-order valence-electron chi connectivity index (χ3n) is 5.18. The number of benzene rings is 1. The van der Waals surface area contributed by atoms with Crippen LogP contribution in [0.4, 0.5) is 0 Å². The second-order valence-electron chi connectivity index (χ2n) is 7.82. The van der Waals surface area contributed by atoms with Gasteiger partial charge in [-0.25, -0.2) is 4.98 Å². The Morgan fingerprint density at radius 3 is 2.93 bits per heavy atom. The topological polar surface area (TPSA) is 38.1 Å². The second kappa shape index (κ2) is 7.38. The molecule has 2 aromatic heterocycles. The molecule has 1 aliphatic rings. The van der Waals surface area contributed by atoms with Crippen LogP contribution in [0.2, 0.25) is 5.02 Å². The Kier molecular flexibility index (Phi) is 5.10. The third-order valence-corrected chi connectivity index (χ3v) is 6.56. The Balaban J connectivity index is 1.89. The van der Waals surface area contributed by atoms with E-state index in [0.717, 1.165) is 40.9 Å². The van der Waals surface area contributed by atoms with Crippen LogP contribution in [0.15, 0.2) is 29.1 Å². The summed E-state index contributed by atoms with van der Waals surface area (Å²) in [6.07, 6.45) is 3.19. The van der Waals surface area contributed by atoms with Crippen LogP contribution in [-0.4, -0.2) is 28.5 Å². The molecule has 2 heterocycles. The molecule has 142 valence electrons. The lowest BCUT2D eigenvalue weighted by Gasteiger charge is -2.18. The van der Waals surface area contributed by atoms with E-state index < -0.39 is 0 Å². The number of nitrogens with zero attached hydrogens (tertiary/aromatic N) is 3. The molecular formula is C21H24ClN3OS. The molecule has 0 saturated carbocycles. The quantitative estimate of drug-likeness (QED) is 0.652. The van der Waals surface area contributed by atoms with Crippen molar-refractivity contribution in [3.05, 3.63) is 61.5 Å². The van der Waals surface area contributed by atoms with Gasteiger partial charge in [-0.3, -0.25) is 9.36 Å². The van der Waals surface area contributed by atoms with Gasteiger partial charge >= 0.3 is 0 Å². The van der Waals surface area contributed by atoms with Gasteiger partial charge in [0.25, 0.3) is 5.56 Å². The number of fused-ring (bicyclic) bond motifs is 3. The summed E-state index contributed by atoms with van der Waals surface area (Å²) in [4.78, 5) is 22.8. The van der Waals surface area contributed by atoms with Crippen molar-refractivity contribution in [2.75, 3.05) is 14.1 Å². The maximum atomic E-state index is 13.5. The van der Waals surface area contributed by atoms with Gasteiger partial charge in [0.15, 0.2) is 0 Å². The van der Waals surface area contributed by atoms with Crippen LogP contribution in [-0.2, 0) is 25.9 Å². The Morgan fingerprint density at radius 2 is 2.19 bits per heavy atom. The minimum Gasteiger partial charge on any atom is -0.302 e. The molecule has 1 atom stereocenters. The summed E-state index contributed by atoms with van der Waals surface area (Å²) < 4.78 is 1.83. The summed E-state index contributed by atoms with van der Waals surface area (Å²) in [5, 5.41) is 1.53. The number of hydrogen-bond donors (Lipinski definition) is 0. The van der Waals surface area contributed by atoms with Gasteiger partial charge in [-0.05, 0) is 62.5 Å². The molecule has 0 spiro atoms. The molecule has 6 heteroatoms. The molecule has 1 unspecified atom stereocenters. The van der Waals surface area contributed by atoms with Crippen molar-refractivity contribution in [3.63, 3.8) is 0 Å². The van der Waals surface area contributed by atoms with Crippen LogP contribution >= 0.6 is 22.9 Å². The number of rotatable bonds is 4. The lowest BCUT2D eigenvalue weighted by molar-refractivity contribution is 0.379. The Morgan fingerprint density at radius 1 is 1.37 bits per heavy atom. The normalized spacial score (nSPS) is 16.9. The maximum Gasteiger partial charge on any atom is 0.262 e. The minimum absolute atomic E-state index is 0.0869. The van der Waals surface area contributed by atoms with E-state index in [2.05, 4.69) is 11.8 Å². The highest BCUT2D eigenvalue weighted by Gasteiger charge is 2.24. The first-order valence-corrected chi connectivity index (χ1v) is 10.5. The molecule has 0 saturated heterocycles. The molecule has 0 radical (unpaired) electrons. The highest BCUT2D eigenvalue weighted by molar-refractivity contribution is 7.18. The lowest BCUT2D eigenvalue weighted by atomic mass is 9.89. The van der Waals surface area contributed by atoms with Gasteiger partial charge in [0.1, 0.15) is 10.7 Å². The average molecular weight is 402 g/mol. The van der Waals surface area contributed by atoms with Crippen molar-refractivity contribution >= 4 is 33.2 Å². The molecule has 4 rings (SSSR count). The van der Waals surface area contributed by atoms with E-state index in [0.29, 0.717) is 24.0 Å². The standard InChI is InChI=1S/C21H24ClN3OS/c1-13-7-8-16-17(9-13)27-20-19(16)21(26)25(18(23-20)12-24(2)3)11-14-5-4-6-15(22)10-14/h4-6,10,13H,7-9,11-12H2,1-3H3. The number of hydrogen-bond acceptors (Lipinski definition) is 4. The van der Waals surface area contributed by atoms with Gasteiger partial charge in [-0.2, -0.15) is 0 Å². The summed E-state index contributed by atoms with van der Waals surface area (Å²) in [5.74, 6) is 1.49. The fourth-order valence-electron chi connectivity index (χ4n) is 3.85. The van der Waals surface area contributed by atoms with Crippen LogP contribution in [0.3, 0.4) is 0 Å². The van der Waals surface area contributed by atoms with E-state index in [-0.39, 0.29) is 5.56 Å². The summed E-state index contributed by atoms with van der Waals surface area (Å²) >= 11 is 7.86. The van der Waals surface area contributed by atoms with Gasteiger partial charge in [0.2, 0.25) is 0 Å². The number of halogens is 1. The first-order chi connectivity index (χ1) is 12.9. The van der Waals surface area contributed by atoms with Crippen molar-refractivity contribution in [3.8, 4) is 0 Å². The van der Waals surface area contributed by atoms with Crippen molar-refractivity contribution in [2.24, 2.45) is 5.92 Å². The Hall–Kier alpha value is -1.69. The molecule has 4 nitrogen and oxygen atoms in total. The van der Waals surface area contributed by atoms with Gasteiger partial charge < -0.3 is 4.90 Å². The summed E-state index contributed by atoms with van der Waals surface area (Å²) in [5.41, 5.74) is 2.34. The van der Waals surface area contributed by atoms with E-state index in [4.69, 9.17) is 16.6 Å². The Bertz CT molecular complexity index is 1050. The predicted molar refractivity (Wildman–Crippen MR) is 113 cm³/mol. The third kappa shape index (κ3) is 3.68. The molecular weight excluding hydrogens is 378 g/mol. The molecule has 0 amide bonds. The molecule has 0 bridgehead atoms. The predicted octanol–water partition coefficient (Wildman–Crippen LogP) is 4.35. The smallest absolute Gasteiger partial charge is 0.262 e. The summed E-state index contributed by atoms with van der Waals surface area (Å²) in [6.45, 7) is 3.41. The molecule has 0 fully saturated rings. The van der Waals surface area contributed by atoms with Crippen LogP contribution in [0.5, 0.6) is 0 Å². The summed E-state index contributed by atoms with van der Waals surface area (Å²) in [6, 6.07) is 7.70. The zero-order valence-electron chi connectivity index (χ0n) is 16.0. The largest absolute Gasteiger partial charge is 0.302 e. The molecule has 27 heavy (non-hydrogen) atoms. The highest BCUT2D eigenvalue weighted by Crippen LogP contribution is 2.36. The van der Waals surface area contributed by atoms with Gasteiger partial charge in [-0.15, -0.1) is 11.3 Å². The molecule has 0 N–H and O–H groups in total. The highest BCUT2D eigenvalue weighted by atomic mass is 35.5. The zero-order valence-corrected chi connectivity index (χ0v) is 17.5. The van der Waals surface area contributed by atoms with Crippen molar-refractivity contribution < 1.29 is 0 Å². The Labute approximate surface area is 168 Å².